The highest BCUT2D eigenvalue weighted by Gasteiger charge is 2.32. The van der Waals surface area contributed by atoms with Crippen LogP contribution in [-0.2, 0) is 0 Å². The summed E-state index contributed by atoms with van der Waals surface area (Å²) in [5, 5.41) is 0. The van der Waals surface area contributed by atoms with Gasteiger partial charge in [-0.1, -0.05) is 13.8 Å². The Hall–Kier alpha value is 0.491. The molecule has 0 aliphatic rings. The van der Waals surface area contributed by atoms with Crippen molar-refractivity contribution in [3.8, 4) is 0 Å². The van der Waals surface area contributed by atoms with Crippen LogP contribution in [0.5, 0.6) is 0 Å². The minimum Gasteiger partial charge on any atom is -0.339 e. The maximum atomic E-state index is 2.98. The minimum absolute atomic E-state index is 0.940. The molecule has 3 atom stereocenters. The molecule has 0 aromatic heterocycles. The van der Waals surface area contributed by atoms with Gasteiger partial charge < -0.3 is 17.6 Å². The Labute approximate surface area is 120 Å². The third-order valence-corrected chi connectivity index (χ3v) is 19.3. The molecule has 0 aromatic carbocycles. The van der Waals surface area contributed by atoms with Gasteiger partial charge in [-0.3, -0.25) is 0 Å². The summed E-state index contributed by atoms with van der Waals surface area (Å²) in [5.41, 5.74) is 0. The van der Waals surface area contributed by atoms with E-state index < -0.39 is 27.4 Å². The topological polar surface area (TPSA) is 13.0 Å². The zero-order valence-corrected chi connectivity index (χ0v) is 17.4. The quantitative estimate of drug-likeness (QED) is 0.598. The van der Waals surface area contributed by atoms with E-state index in [1.54, 1.807) is 0 Å². The summed E-state index contributed by atoms with van der Waals surface area (Å²) in [6.07, 6.45) is 0. The number of nitrogens with zero attached hydrogens (tertiary/aromatic N) is 4. The van der Waals surface area contributed by atoms with E-state index in [1.807, 2.05) is 0 Å². The van der Waals surface area contributed by atoms with Gasteiger partial charge >= 0.3 is 0 Å². The summed E-state index contributed by atoms with van der Waals surface area (Å²) < 4.78 is 10.7. The molecule has 3 unspecified atom stereocenters. The minimum atomic E-state index is -0.953. The first-order chi connectivity index (χ1) is 8.27. The molecule has 18 heavy (non-hydrogen) atoms. The van der Waals surface area contributed by atoms with Gasteiger partial charge in [-0.05, 0) is 60.9 Å². The Bertz CT molecular complexity index is 210. The van der Waals surface area contributed by atoms with Crippen LogP contribution >= 0.6 is 0 Å². The fourth-order valence-electron chi connectivity index (χ4n) is 2.41. The van der Waals surface area contributed by atoms with Crippen LogP contribution in [0.15, 0.2) is 0 Å². The first-order valence-corrected chi connectivity index (χ1v) is 13.7. The van der Waals surface area contributed by atoms with Gasteiger partial charge in [0, 0.05) is 0 Å². The van der Waals surface area contributed by atoms with Crippen molar-refractivity contribution in [2.24, 2.45) is 0 Å². The lowest BCUT2D eigenvalue weighted by molar-refractivity contribution is 0.450. The molecule has 0 heterocycles. The van der Waals surface area contributed by atoms with Crippen LogP contribution in [-0.4, -0.2) is 86.2 Å². The lowest BCUT2D eigenvalue weighted by Gasteiger charge is -2.45. The average Bonchev–Trinajstić information content (AvgIpc) is 2.30. The maximum Gasteiger partial charge on any atom is 0.175 e. The highest BCUT2D eigenvalue weighted by molar-refractivity contribution is 6.83. The van der Waals surface area contributed by atoms with Crippen molar-refractivity contribution >= 4 is 27.4 Å². The fourth-order valence-corrected chi connectivity index (χ4v) is 16.7. The monoisotopic (exact) mass is 306 g/mol. The summed E-state index contributed by atoms with van der Waals surface area (Å²) in [6, 6.07) is 0. The molecule has 0 spiro atoms. The molecule has 0 N–H and O–H groups in total. The number of rotatable bonds is 8. The molecular formula is C11H34N4Si3. The molecule has 7 heteroatoms. The van der Waals surface area contributed by atoms with E-state index in [2.05, 4.69) is 79.3 Å². The Balaban J connectivity index is 5.07. The molecule has 0 aliphatic carbocycles. The van der Waals surface area contributed by atoms with E-state index in [-0.39, 0.29) is 0 Å². The molecule has 0 saturated heterocycles. The van der Waals surface area contributed by atoms with Crippen LogP contribution < -0.4 is 0 Å². The normalized spacial score (nSPS) is 17.8. The summed E-state index contributed by atoms with van der Waals surface area (Å²) in [5.74, 6) is 0. The first-order valence-electron chi connectivity index (χ1n) is 7.12. The van der Waals surface area contributed by atoms with E-state index in [0.717, 1.165) is 0 Å². The second kappa shape index (κ2) is 8.62. The molecule has 0 bridgehead atoms. The number of hydrogen-bond donors (Lipinski definition) is 0. The smallest absolute Gasteiger partial charge is 0.175 e. The van der Waals surface area contributed by atoms with Crippen LogP contribution in [0.2, 0.25) is 19.6 Å². The fraction of sp³-hybridized carbons (Fsp3) is 1.00. The van der Waals surface area contributed by atoms with Gasteiger partial charge in [0.15, 0.2) is 27.4 Å². The van der Waals surface area contributed by atoms with E-state index >= 15 is 0 Å². The Morgan fingerprint density at radius 1 is 0.667 bits per heavy atom. The molecule has 0 radical (unpaired) electrons. The van der Waals surface area contributed by atoms with Crippen LogP contribution in [0.1, 0.15) is 13.8 Å². The summed E-state index contributed by atoms with van der Waals surface area (Å²) in [7, 11) is 6.18. The summed E-state index contributed by atoms with van der Waals surface area (Å²) in [6.45, 7) is 14.5. The predicted octanol–water partition coefficient (Wildman–Crippen LogP) is 0.304. The van der Waals surface area contributed by atoms with Crippen molar-refractivity contribution in [3.05, 3.63) is 0 Å². The third kappa shape index (κ3) is 4.87. The zero-order valence-electron chi connectivity index (χ0n) is 13.9. The number of hydrogen-bond acceptors (Lipinski definition) is 4. The van der Waals surface area contributed by atoms with Gasteiger partial charge in [-0.15, -0.1) is 0 Å². The van der Waals surface area contributed by atoms with E-state index in [0.29, 0.717) is 0 Å². The molecule has 0 aliphatic heterocycles. The molecule has 0 saturated carbocycles. The molecule has 0 aromatic rings. The van der Waals surface area contributed by atoms with Gasteiger partial charge in [-0.25, -0.2) is 0 Å². The van der Waals surface area contributed by atoms with Crippen molar-refractivity contribution in [2.45, 2.75) is 33.5 Å². The standard InChI is InChI=1S/C11H34N4Si3/c1-10-14(11-2)18(9)15(16(7)12(3)4)17(8)13(5)6/h16-18H,10-11H2,1-9H3. The van der Waals surface area contributed by atoms with Gasteiger partial charge in [0.2, 0.25) is 0 Å². The van der Waals surface area contributed by atoms with E-state index in [9.17, 15) is 0 Å². The van der Waals surface area contributed by atoms with Gasteiger partial charge in [0.05, 0.1) is 0 Å². The van der Waals surface area contributed by atoms with Gasteiger partial charge in [-0.2, -0.15) is 0 Å². The Morgan fingerprint density at radius 3 is 1.22 bits per heavy atom. The highest BCUT2D eigenvalue weighted by Crippen LogP contribution is 2.10. The van der Waals surface area contributed by atoms with E-state index in [4.69, 9.17) is 0 Å². The second-order valence-corrected chi connectivity index (χ2v) is 15.7. The van der Waals surface area contributed by atoms with Gasteiger partial charge in [0.1, 0.15) is 0 Å². The molecule has 0 fully saturated rings. The lowest BCUT2D eigenvalue weighted by Crippen LogP contribution is -2.67. The van der Waals surface area contributed by atoms with E-state index in [1.165, 1.54) is 13.1 Å². The first kappa shape index (κ1) is 18.5. The second-order valence-electron chi connectivity index (χ2n) is 5.49. The van der Waals surface area contributed by atoms with Gasteiger partial charge in [0.25, 0.3) is 0 Å². The van der Waals surface area contributed by atoms with Crippen LogP contribution in [0.4, 0.5) is 0 Å². The van der Waals surface area contributed by atoms with Crippen molar-refractivity contribution in [3.63, 3.8) is 0 Å². The zero-order chi connectivity index (χ0) is 14.5. The predicted molar refractivity (Wildman–Crippen MR) is 91.2 cm³/mol. The highest BCUT2D eigenvalue weighted by atomic mass is 28.4. The molecular weight excluding hydrogens is 272 g/mol. The maximum absolute atomic E-state index is 2.98. The Kier molecular flexibility index (Phi) is 8.85. The van der Waals surface area contributed by atoms with Crippen molar-refractivity contribution in [1.82, 2.24) is 17.6 Å². The average molecular weight is 307 g/mol. The molecule has 0 amide bonds. The summed E-state index contributed by atoms with van der Waals surface area (Å²) >= 11 is 0. The summed E-state index contributed by atoms with van der Waals surface area (Å²) in [4.78, 5) is 0. The SMILES string of the molecule is CCN(CC)[SiH](C)N([SiH](C)N(C)C)[SiH](C)N(C)C. The lowest BCUT2D eigenvalue weighted by atomic mass is 10.7. The van der Waals surface area contributed by atoms with Crippen LogP contribution in [0, 0.1) is 0 Å². The molecule has 110 valence electrons. The molecule has 0 rings (SSSR count). The van der Waals surface area contributed by atoms with Crippen molar-refractivity contribution in [2.75, 3.05) is 41.3 Å². The van der Waals surface area contributed by atoms with Crippen molar-refractivity contribution < 1.29 is 0 Å². The molecule has 4 nitrogen and oxygen atoms in total. The third-order valence-electron chi connectivity index (χ3n) is 4.13. The largest absolute Gasteiger partial charge is 0.339 e. The van der Waals surface area contributed by atoms with Crippen LogP contribution in [0.25, 0.3) is 0 Å². The van der Waals surface area contributed by atoms with Crippen molar-refractivity contribution in [1.29, 1.82) is 0 Å². The van der Waals surface area contributed by atoms with Crippen LogP contribution in [0.3, 0.4) is 0 Å². The Morgan fingerprint density at radius 2 is 1.00 bits per heavy atom.